The second kappa shape index (κ2) is 7.38. The molecule has 1 aromatic rings. The van der Waals surface area contributed by atoms with Crippen LogP contribution in [-0.2, 0) is 0 Å². The highest BCUT2D eigenvalue weighted by atomic mass is 32.1. The fourth-order valence-electron chi connectivity index (χ4n) is 0.906. The topological polar surface area (TPSA) is 30.5 Å². The largest absolute Gasteiger partial charge is 0.493 e. The summed E-state index contributed by atoms with van der Waals surface area (Å²) in [6.07, 6.45) is 0. The lowest BCUT2D eigenvalue weighted by molar-refractivity contribution is 0.355. The van der Waals surface area contributed by atoms with E-state index in [4.69, 9.17) is 9.47 Å². The molecule has 1 rings (SSSR count). The summed E-state index contributed by atoms with van der Waals surface area (Å²) in [5.41, 5.74) is 0.871. The Kier molecular flexibility index (Phi) is 6.84. The van der Waals surface area contributed by atoms with Gasteiger partial charge in [0.05, 0.1) is 14.2 Å². The molecule has 80 valence electrons. The minimum Gasteiger partial charge on any atom is -0.493 e. The van der Waals surface area contributed by atoms with E-state index in [0.29, 0.717) is 11.5 Å². The smallest absolute Gasteiger partial charge is 0.162 e. The van der Waals surface area contributed by atoms with Crippen LogP contribution in [0, 0.1) is 0 Å². The second-order valence-electron chi connectivity index (χ2n) is 2.18. The van der Waals surface area contributed by atoms with Crippen molar-refractivity contribution in [2.75, 3.05) is 18.9 Å². The molecule has 0 aliphatic carbocycles. The Morgan fingerprint density at radius 2 is 1.64 bits per heavy atom. The predicted molar refractivity (Wildman–Crippen MR) is 63.5 cm³/mol. The van der Waals surface area contributed by atoms with E-state index < -0.39 is 0 Å². The standard InChI is InChI=1S/C8H11NO2S.C2H6/c1-10-7-4-3-6(9-12)5-8(7)11-2;1-2/h3-5,9,12H,1-2H3;1-2H3. The Hall–Kier alpha value is -1.03. The van der Waals surface area contributed by atoms with Gasteiger partial charge in [-0.3, -0.25) is 0 Å². The molecule has 0 aliphatic rings. The maximum absolute atomic E-state index is 5.08. The third kappa shape index (κ3) is 3.38. The SMILES string of the molecule is CC.COc1ccc(NS)cc1OC. The van der Waals surface area contributed by atoms with Crippen molar-refractivity contribution in [3.63, 3.8) is 0 Å². The Balaban J connectivity index is 0.000000791. The van der Waals surface area contributed by atoms with Crippen LogP contribution in [0.25, 0.3) is 0 Å². The van der Waals surface area contributed by atoms with Crippen LogP contribution in [0.1, 0.15) is 13.8 Å². The van der Waals surface area contributed by atoms with Gasteiger partial charge in [0.2, 0.25) is 0 Å². The monoisotopic (exact) mass is 215 g/mol. The molecule has 0 amide bonds. The maximum Gasteiger partial charge on any atom is 0.162 e. The van der Waals surface area contributed by atoms with Crippen LogP contribution in [0.3, 0.4) is 0 Å². The van der Waals surface area contributed by atoms with Gasteiger partial charge in [0.1, 0.15) is 0 Å². The molecule has 0 fully saturated rings. The third-order valence-electron chi connectivity index (χ3n) is 1.51. The molecule has 3 nitrogen and oxygen atoms in total. The lowest BCUT2D eigenvalue weighted by Gasteiger charge is -2.08. The van der Waals surface area contributed by atoms with E-state index in [0.717, 1.165) is 5.69 Å². The van der Waals surface area contributed by atoms with Gasteiger partial charge in [-0.2, -0.15) is 0 Å². The number of thiol groups is 1. The Morgan fingerprint density at radius 3 is 2.07 bits per heavy atom. The number of hydrogen-bond donors (Lipinski definition) is 2. The van der Waals surface area contributed by atoms with E-state index in [-0.39, 0.29) is 0 Å². The zero-order valence-corrected chi connectivity index (χ0v) is 9.89. The number of rotatable bonds is 3. The zero-order chi connectivity index (χ0) is 11.0. The molecule has 0 spiro atoms. The molecule has 0 aliphatic heterocycles. The Bertz CT molecular complexity index is 266. The average Bonchev–Trinajstić information content (AvgIpc) is 2.30. The van der Waals surface area contributed by atoms with Crippen LogP contribution in [0.15, 0.2) is 18.2 Å². The molecule has 0 saturated heterocycles. The highest BCUT2D eigenvalue weighted by Crippen LogP contribution is 2.29. The molecular weight excluding hydrogens is 198 g/mol. The minimum atomic E-state index is 0.691. The van der Waals surface area contributed by atoms with Crippen LogP contribution in [-0.4, -0.2) is 14.2 Å². The van der Waals surface area contributed by atoms with Crippen molar-refractivity contribution < 1.29 is 9.47 Å². The van der Waals surface area contributed by atoms with Crippen LogP contribution in [0.4, 0.5) is 5.69 Å². The van der Waals surface area contributed by atoms with E-state index in [9.17, 15) is 0 Å². The van der Waals surface area contributed by atoms with Gasteiger partial charge in [-0.1, -0.05) is 26.7 Å². The Labute approximate surface area is 91.0 Å². The van der Waals surface area contributed by atoms with Crippen molar-refractivity contribution in [3.05, 3.63) is 18.2 Å². The second-order valence-corrected chi connectivity index (χ2v) is 2.41. The zero-order valence-electron chi connectivity index (χ0n) is 9.00. The summed E-state index contributed by atoms with van der Waals surface area (Å²) < 4.78 is 12.8. The highest BCUT2D eigenvalue weighted by molar-refractivity contribution is 7.81. The first-order valence-electron chi connectivity index (χ1n) is 4.44. The summed E-state index contributed by atoms with van der Waals surface area (Å²) >= 11 is 3.91. The van der Waals surface area contributed by atoms with Crippen LogP contribution < -0.4 is 14.2 Å². The van der Waals surface area contributed by atoms with Crippen molar-refractivity contribution in [2.24, 2.45) is 0 Å². The molecule has 0 heterocycles. The normalized spacial score (nSPS) is 8.36. The summed E-state index contributed by atoms with van der Waals surface area (Å²) in [6, 6.07) is 5.48. The number of hydrogen-bond acceptors (Lipinski definition) is 4. The summed E-state index contributed by atoms with van der Waals surface area (Å²) in [7, 11) is 3.20. The van der Waals surface area contributed by atoms with E-state index >= 15 is 0 Å². The van der Waals surface area contributed by atoms with Crippen LogP contribution >= 0.6 is 12.8 Å². The molecule has 1 N–H and O–H groups in total. The average molecular weight is 215 g/mol. The number of benzene rings is 1. The third-order valence-corrected chi connectivity index (χ3v) is 1.77. The molecule has 0 aromatic heterocycles. The maximum atomic E-state index is 5.08. The van der Waals surface area contributed by atoms with Gasteiger partial charge < -0.3 is 14.2 Å². The number of anilines is 1. The first-order valence-corrected chi connectivity index (χ1v) is 4.88. The summed E-state index contributed by atoms with van der Waals surface area (Å²) in [6.45, 7) is 4.00. The summed E-state index contributed by atoms with van der Waals surface area (Å²) in [4.78, 5) is 0. The van der Waals surface area contributed by atoms with Crippen LogP contribution in [0.5, 0.6) is 11.5 Å². The van der Waals surface area contributed by atoms with Crippen molar-refractivity contribution in [2.45, 2.75) is 13.8 Å². The predicted octanol–water partition coefficient (Wildman–Crippen LogP) is 2.99. The molecule has 0 atom stereocenters. The summed E-state index contributed by atoms with van der Waals surface area (Å²) in [5.74, 6) is 1.40. The fourth-order valence-corrected chi connectivity index (χ4v) is 1.04. The van der Waals surface area contributed by atoms with Crippen molar-refractivity contribution >= 4 is 18.5 Å². The highest BCUT2D eigenvalue weighted by Gasteiger charge is 2.02. The fraction of sp³-hybridized carbons (Fsp3) is 0.400. The molecule has 4 heteroatoms. The lowest BCUT2D eigenvalue weighted by atomic mass is 10.3. The van der Waals surface area contributed by atoms with E-state index in [2.05, 4.69) is 17.5 Å². The van der Waals surface area contributed by atoms with Gasteiger partial charge in [-0.05, 0) is 12.1 Å². The molecule has 0 bridgehead atoms. The van der Waals surface area contributed by atoms with Crippen molar-refractivity contribution in [1.82, 2.24) is 0 Å². The number of ether oxygens (including phenoxy) is 2. The van der Waals surface area contributed by atoms with Gasteiger partial charge in [-0.15, -0.1) is 0 Å². The van der Waals surface area contributed by atoms with E-state index in [1.165, 1.54) is 0 Å². The van der Waals surface area contributed by atoms with Gasteiger partial charge in [0.25, 0.3) is 0 Å². The van der Waals surface area contributed by atoms with E-state index in [1.807, 2.05) is 32.0 Å². The first-order chi connectivity index (χ1) is 6.81. The molecule has 0 radical (unpaired) electrons. The van der Waals surface area contributed by atoms with Gasteiger partial charge in [0, 0.05) is 11.8 Å². The van der Waals surface area contributed by atoms with Crippen LogP contribution in [0.2, 0.25) is 0 Å². The quantitative estimate of drug-likeness (QED) is 0.760. The summed E-state index contributed by atoms with van der Waals surface area (Å²) in [5, 5.41) is 0. The lowest BCUT2D eigenvalue weighted by Crippen LogP contribution is -1.91. The van der Waals surface area contributed by atoms with Gasteiger partial charge >= 0.3 is 0 Å². The van der Waals surface area contributed by atoms with Crippen molar-refractivity contribution in [1.29, 1.82) is 0 Å². The minimum absolute atomic E-state index is 0.691. The van der Waals surface area contributed by atoms with Gasteiger partial charge in [0.15, 0.2) is 11.5 Å². The van der Waals surface area contributed by atoms with E-state index in [1.54, 1.807) is 14.2 Å². The van der Waals surface area contributed by atoms with Crippen molar-refractivity contribution in [3.8, 4) is 11.5 Å². The van der Waals surface area contributed by atoms with Gasteiger partial charge in [-0.25, -0.2) is 0 Å². The Morgan fingerprint density at radius 1 is 1.07 bits per heavy atom. The first kappa shape index (κ1) is 13.0. The number of nitrogens with one attached hydrogen (secondary N) is 1. The molecule has 0 saturated carbocycles. The molecule has 0 unspecified atom stereocenters. The molecular formula is C10H17NO2S. The molecule has 14 heavy (non-hydrogen) atoms. The molecule has 1 aromatic carbocycles. The number of methoxy groups -OCH3 is 2.